The number of rotatable bonds is 5. The van der Waals surface area contributed by atoms with Gasteiger partial charge in [-0.05, 0) is 38.0 Å². The lowest BCUT2D eigenvalue weighted by Gasteiger charge is -2.09. The highest BCUT2D eigenvalue weighted by Crippen LogP contribution is 2.23. The van der Waals surface area contributed by atoms with Crippen molar-refractivity contribution in [1.29, 1.82) is 0 Å². The molecule has 0 saturated carbocycles. The number of nitrogens with zero attached hydrogens (tertiary/aromatic N) is 6. The van der Waals surface area contributed by atoms with Crippen molar-refractivity contribution in [3.8, 4) is 11.4 Å². The van der Waals surface area contributed by atoms with Crippen LogP contribution < -0.4 is 5.32 Å². The van der Waals surface area contributed by atoms with Crippen LogP contribution in [0.2, 0.25) is 0 Å². The monoisotopic (exact) mass is 379 g/mol. The van der Waals surface area contributed by atoms with E-state index in [1.54, 1.807) is 17.0 Å². The Morgan fingerprint density at radius 3 is 2.96 bits per heavy atom. The highest BCUT2D eigenvalue weighted by atomic mass is 32.1. The van der Waals surface area contributed by atoms with Crippen LogP contribution in [0, 0.1) is 13.8 Å². The van der Waals surface area contributed by atoms with Gasteiger partial charge in [0.25, 0.3) is 0 Å². The van der Waals surface area contributed by atoms with E-state index in [-0.39, 0.29) is 5.91 Å². The smallest absolute Gasteiger partial charge is 0.226 e. The second kappa shape index (κ2) is 7.20. The lowest BCUT2D eigenvalue weighted by molar-refractivity contribution is -0.116. The number of pyridine rings is 1. The average Bonchev–Trinajstić information content (AvgIpc) is 3.32. The maximum atomic E-state index is 12.4. The Labute approximate surface area is 159 Å². The molecule has 1 N–H and O–H groups in total. The fourth-order valence-corrected chi connectivity index (χ4v) is 3.65. The van der Waals surface area contributed by atoms with Crippen LogP contribution in [0.5, 0.6) is 0 Å². The van der Waals surface area contributed by atoms with Gasteiger partial charge in [0.15, 0.2) is 10.8 Å². The van der Waals surface area contributed by atoms with Crippen molar-refractivity contribution in [3.63, 3.8) is 0 Å². The van der Waals surface area contributed by atoms with Crippen LogP contribution in [0.1, 0.15) is 23.2 Å². The first kappa shape index (κ1) is 17.2. The molecule has 0 saturated heterocycles. The lowest BCUT2D eigenvalue weighted by Crippen LogP contribution is -2.13. The molecule has 0 unspecified atom stereocenters. The number of amides is 1. The zero-order chi connectivity index (χ0) is 18.8. The molecule has 0 spiro atoms. The minimum Gasteiger partial charge on any atom is -0.302 e. The van der Waals surface area contributed by atoms with Gasteiger partial charge in [-0.3, -0.25) is 9.78 Å². The molecule has 0 radical (unpaired) electrons. The number of hydrogen-bond donors (Lipinski definition) is 1. The van der Waals surface area contributed by atoms with E-state index in [2.05, 4.69) is 30.6 Å². The highest BCUT2D eigenvalue weighted by molar-refractivity contribution is 7.14. The van der Waals surface area contributed by atoms with Gasteiger partial charge in [0, 0.05) is 23.6 Å². The molecule has 1 amide bonds. The first-order chi connectivity index (χ1) is 13.1. The standard InChI is InChI=1S/C18H17N7OS/c1-11-13(12(2)24-25-10-20-23-17(11)25)6-7-16(26)22-18-21-15(9-27-18)14-5-3-4-8-19-14/h3-5,8-10H,6-7H2,1-2H3,(H,21,22,26). The predicted octanol–water partition coefficient (Wildman–Crippen LogP) is 2.83. The third kappa shape index (κ3) is 3.54. The predicted molar refractivity (Wildman–Crippen MR) is 103 cm³/mol. The quantitative estimate of drug-likeness (QED) is 0.573. The highest BCUT2D eigenvalue weighted by Gasteiger charge is 2.14. The maximum Gasteiger partial charge on any atom is 0.226 e. The van der Waals surface area contributed by atoms with Gasteiger partial charge in [0.2, 0.25) is 5.91 Å². The normalized spacial score (nSPS) is 11.0. The molecule has 0 bridgehead atoms. The van der Waals surface area contributed by atoms with E-state index in [4.69, 9.17) is 0 Å². The number of thiazole rings is 1. The molecule has 4 aromatic heterocycles. The number of hydrogen-bond acceptors (Lipinski definition) is 7. The first-order valence-electron chi connectivity index (χ1n) is 8.44. The fraction of sp³-hybridized carbons (Fsp3) is 0.222. The van der Waals surface area contributed by atoms with Crippen molar-refractivity contribution in [3.05, 3.63) is 52.9 Å². The van der Waals surface area contributed by atoms with Crippen LogP contribution in [0.15, 0.2) is 36.1 Å². The topological polar surface area (TPSA) is 98.0 Å². The van der Waals surface area contributed by atoms with Crippen molar-refractivity contribution in [2.24, 2.45) is 0 Å². The summed E-state index contributed by atoms with van der Waals surface area (Å²) in [6.07, 6.45) is 4.22. The zero-order valence-corrected chi connectivity index (χ0v) is 15.7. The average molecular weight is 379 g/mol. The summed E-state index contributed by atoms with van der Waals surface area (Å²) in [4.78, 5) is 21.1. The van der Waals surface area contributed by atoms with Crippen molar-refractivity contribution < 1.29 is 4.79 Å². The van der Waals surface area contributed by atoms with E-state index >= 15 is 0 Å². The number of aryl methyl sites for hydroxylation is 2. The summed E-state index contributed by atoms with van der Waals surface area (Å²) in [6.45, 7) is 3.91. The van der Waals surface area contributed by atoms with Gasteiger partial charge in [0.05, 0.1) is 11.4 Å². The molecule has 4 rings (SSSR count). The molecule has 27 heavy (non-hydrogen) atoms. The van der Waals surface area contributed by atoms with Crippen molar-refractivity contribution in [1.82, 2.24) is 29.8 Å². The lowest BCUT2D eigenvalue weighted by atomic mass is 10.0. The fourth-order valence-electron chi connectivity index (χ4n) is 2.93. The van der Waals surface area contributed by atoms with Gasteiger partial charge in [-0.25, -0.2) is 9.50 Å². The Kier molecular flexibility index (Phi) is 4.59. The number of carbonyl (C=O) groups excluding carboxylic acids is 1. The van der Waals surface area contributed by atoms with Crippen molar-refractivity contribution in [2.45, 2.75) is 26.7 Å². The molecule has 9 heteroatoms. The summed E-state index contributed by atoms with van der Waals surface area (Å²) < 4.78 is 1.66. The summed E-state index contributed by atoms with van der Waals surface area (Å²) in [5.74, 6) is -0.0861. The number of nitrogens with one attached hydrogen (secondary N) is 1. The van der Waals surface area contributed by atoms with Gasteiger partial charge >= 0.3 is 0 Å². The Morgan fingerprint density at radius 1 is 1.26 bits per heavy atom. The van der Waals surface area contributed by atoms with Gasteiger partial charge in [-0.2, -0.15) is 5.10 Å². The third-order valence-electron chi connectivity index (χ3n) is 4.29. The molecule has 0 aliphatic heterocycles. The van der Waals surface area contributed by atoms with E-state index in [0.717, 1.165) is 33.9 Å². The van der Waals surface area contributed by atoms with Crippen LogP contribution >= 0.6 is 11.3 Å². The van der Waals surface area contributed by atoms with Crippen LogP contribution in [-0.4, -0.2) is 35.7 Å². The molecule has 0 aromatic carbocycles. The minimum absolute atomic E-state index is 0.0861. The van der Waals surface area contributed by atoms with Gasteiger partial charge in [0.1, 0.15) is 12.0 Å². The Hall–Kier alpha value is -3.20. The Balaban J connectivity index is 1.43. The summed E-state index contributed by atoms with van der Waals surface area (Å²) in [5, 5.41) is 17.7. The van der Waals surface area contributed by atoms with Crippen LogP contribution in [0.25, 0.3) is 17.0 Å². The molecule has 0 aliphatic carbocycles. The molecular formula is C18H17N7OS. The van der Waals surface area contributed by atoms with Gasteiger partial charge in [-0.15, -0.1) is 21.5 Å². The summed E-state index contributed by atoms with van der Waals surface area (Å²) >= 11 is 1.39. The summed E-state index contributed by atoms with van der Waals surface area (Å²) in [5.41, 5.74) is 5.16. The number of fused-ring (bicyclic) bond motifs is 1. The molecule has 0 fully saturated rings. The van der Waals surface area contributed by atoms with E-state index < -0.39 is 0 Å². The van der Waals surface area contributed by atoms with Crippen LogP contribution in [0.3, 0.4) is 0 Å². The SMILES string of the molecule is Cc1nn2cnnc2c(C)c1CCC(=O)Nc1nc(-c2ccccn2)cs1. The van der Waals surface area contributed by atoms with E-state index in [1.165, 1.54) is 11.3 Å². The number of carbonyl (C=O) groups is 1. The number of aromatic nitrogens is 6. The molecular weight excluding hydrogens is 362 g/mol. The van der Waals surface area contributed by atoms with Gasteiger partial charge in [-0.1, -0.05) is 6.07 Å². The maximum absolute atomic E-state index is 12.4. The first-order valence-corrected chi connectivity index (χ1v) is 9.32. The molecule has 8 nitrogen and oxygen atoms in total. The van der Waals surface area contributed by atoms with Crippen LogP contribution in [0.4, 0.5) is 5.13 Å². The molecule has 4 aromatic rings. The van der Waals surface area contributed by atoms with Gasteiger partial charge < -0.3 is 5.32 Å². The van der Waals surface area contributed by atoms with E-state index in [0.29, 0.717) is 18.0 Å². The number of anilines is 1. The Bertz CT molecular complexity index is 1100. The molecule has 0 aliphatic rings. The van der Waals surface area contributed by atoms with Crippen molar-refractivity contribution in [2.75, 3.05) is 5.32 Å². The molecule has 4 heterocycles. The largest absolute Gasteiger partial charge is 0.302 e. The Morgan fingerprint density at radius 2 is 2.15 bits per heavy atom. The summed E-state index contributed by atoms with van der Waals surface area (Å²) in [7, 11) is 0. The second-order valence-corrected chi connectivity index (χ2v) is 6.95. The van der Waals surface area contributed by atoms with E-state index in [9.17, 15) is 4.79 Å². The minimum atomic E-state index is -0.0861. The van der Waals surface area contributed by atoms with E-state index in [1.807, 2.05) is 37.4 Å². The molecule has 136 valence electrons. The third-order valence-corrected chi connectivity index (χ3v) is 5.05. The second-order valence-electron chi connectivity index (χ2n) is 6.09. The van der Waals surface area contributed by atoms with Crippen LogP contribution in [-0.2, 0) is 11.2 Å². The molecule has 0 atom stereocenters. The summed E-state index contributed by atoms with van der Waals surface area (Å²) in [6, 6.07) is 5.65. The van der Waals surface area contributed by atoms with Crippen molar-refractivity contribution >= 4 is 28.0 Å². The zero-order valence-electron chi connectivity index (χ0n) is 14.9.